The molecule has 2 aliphatic carbocycles. The maximum absolute atomic E-state index is 12.7. The maximum atomic E-state index is 12.7. The Bertz CT molecular complexity index is 1960. The zero-order chi connectivity index (χ0) is 41.5. The van der Waals surface area contributed by atoms with Gasteiger partial charge < -0.3 is 10.6 Å². The molecule has 0 saturated heterocycles. The van der Waals surface area contributed by atoms with Gasteiger partial charge in [0.05, 0.1) is 33.3 Å². The van der Waals surface area contributed by atoms with Crippen molar-refractivity contribution in [2.75, 3.05) is 10.6 Å². The quantitative estimate of drug-likeness (QED) is 0.0523. The third kappa shape index (κ3) is 10.8. The minimum Gasteiger partial charge on any atom is -0.345 e. The summed E-state index contributed by atoms with van der Waals surface area (Å²) in [5.74, 6) is 1.47. The number of nitrogens with one attached hydrogen (secondary N) is 5. The molecule has 2 fully saturated rings. The summed E-state index contributed by atoms with van der Waals surface area (Å²) in [6, 6.07) is 9.69. The molecular weight excluding hydrogens is 767 g/mol. The Morgan fingerprint density at radius 3 is 1.20 bits per heavy atom. The van der Waals surface area contributed by atoms with Crippen LogP contribution in [-0.2, 0) is 28.2 Å². The number of benzene rings is 2. The number of anilines is 2. The Morgan fingerprint density at radius 1 is 0.571 bits per heavy atom. The molecule has 13 nitrogen and oxygen atoms in total. The fourth-order valence-electron chi connectivity index (χ4n) is 4.97. The summed E-state index contributed by atoms with van der Waals surface area (Å²) in [6.07, 6.45) is -6.52. The Balaban J connectivity index is 0.000000243. The number of carbonyl (C=O) groups excluding carboxylic acids is 3. The van der Waals surface area contributed by atoms with Gasteiger partial charge in [0.1, 0.15) is 0 Å². The van der Waals surface area contributed by atoms with Gasteiger partial charge in [-0.15, -0.1) is 0 Å². The van der Waals surface area contributed by atoms with Crippen LogP contribution in [0.5, 0.6) is 0 Å². The first-order valence-electron chi connectivity index (χ1n) is 16.5. The zero-order valence-electron chi connectivity index (χ0n) is 29.2. The molecule has 6 rings (SSSR count). The van der Waals surface area contributed by atoms with Crippen LogP contribution in [0.1, 0.15) is 82.5 Å². The summed E-state index contributed by atoms with van der Waals surface area (Å²) >= 11 is 0. The lowest BCUT2D eigenvalue weighted by molar-refractivity contribution is -0.174. The number of alkyl halides is 9. The normalized spacial score (nSPS) is 15.0. The molecule has 0 radical (unpaired) electrons. The van der Waals surface area contributed by atoms with Gasteiger partial charge in [0.2, 0.25) is 11.9 Å². The number of hydrazine groups is 2. The first kappa shape index (κ1) is 42.7. The van der Waals surface area contributed by atoms with Crippen LogP contribution in [0.15, 0.2) is 73.3 Å². The van der Waals surface area contributed by atoms with Gasteiger partial charge in [-0.25, -0.2) is 25.8 Å². The zero-order valence-corrected chi connectivity index (χ0v) is 29.2. The molecule has 300 valence electrons. The van der Waals surface area contributed by atoms with Crippen molar-refractivity contribution in [3.05, 3.63) is 107 Å². The molecule has 2 aliphatic rings. The Hall–Kier alpha value is -6.06. The van der Waals surface area contributed by atoms with Gasteiger partial charge in [-0.2, -0.15) is 39.5 Å². The number of halogens is 9. The molecule has 3 amide bonds. The average molecular weight is 801 g/mol. The number of nitrogen functional groups attached to an aromatic ring is 1. The lowest BCUT2D eigenvalue weighted by Crippen LogP contribution is -2.47. The van der Waals surface area contributed by atoms with Crippen LogP contribution in [0, 0.1) is 0 Å². The minimum atomic E-state index is -5.16. The maximum Gasteiger partial charge on any atom is 0.472 e. The molecule has 7 N–H and O–H groups in total. The van der Waals surface area contributed by atoms with Crippen molar-refractivity contribution >= 4 is 29.6 Å². The Kier molecular flexibility index (Phi) is 12.8. The van der Waals surface area contributed by atoms with E-state index in [1.54, 1.807) is 5.43 Å². The third-order valence-electron chi connectivity index (χ3n) is 8.24. The van der Waals surface area contributed by atoms with Crippen molar-refractivity contribution in [2.45, 2.75) is 69.1 Å². The highest BCUT2D eigenvalue weighted by Crippen LogP contribution is 2.49. The van der Waals surface area contributed by atoms with E-state index >= 15 is 0 Å². The number of nitrogens with zero attached hydrogens (tertiary/aromatic N) is 4. The van der Waals surface area contributed by atoms with Crippen LogP contribution in [0.2, 0.25) is 0 Å². The second-order valence-corrected chi connectivity index (χ2v) is 12.0. The molecule has 2 saturated carbocycles. The van der Waals surface area contributed by atoms with Gasteiger partial charge in [0, 0.05) is 24.8 Å². The van der Waals surface area contributed by atoms with E-state index in [1.807, 2.05) is 19.3 Å². The predicted molar refractivity (Wildman–Crippen MR) is 181 cm³/mol. The highest BCUT2D eigenvalue weighted by atomic mass is 19.4. The molecule has 0 bridgehead atoms. The highest BCUT2D eigenvalue weighted by Gasteiger charge is 2.46. The number of carbonyl (C=O) groups is 3. The van der Waals surface area contributed by atoms with Crippen LogP contribution < -0.4 is 32.8 Å². The predicted octanol–water partition coefficient (Wildman–Crippen LogP) is 6.15. The van der Waals surface area contributed by atoms with E-state index in [9.17, 15) is 53.9 Å². The molecule has 0 atom stereocenters. The molecule has 0 spiro atoms. The summed E-state index contributed by atoms with van der Waals surface area (Å²) < 4.78 is 112. The van der Waals surface area contributed by atoms with Crippen LogP contribution in [0.4, 0.5) is 51.4 Å². The molecule has 0 aliphatic heterocycles. The van der Waals surface area contributed by atoms with Crippen molar-refractivity contribution in [3.63, 3.8) is 0 Å². The summed E-state index contributed by atoms with van der Waals surface area (Å²) in [4.78, 5) is 49.6. The largest absolute Gasteiger partial charge is 0.472 e. The smallest absolute Gasteiger partial charge is 0.345 e. The lowest BCUT2D eigenvalue weighted by Gasteiger charge is -2.18. The first-order valence-corrected chi connectivity index (χ1v) is 16.5. The summed E-state index contributed by atoms with van der Waals surface area (Å²) in [5.41, 5.74) is 3.52. The van der Waals surface area contributed by atoms with E-state index in [1.165, 1.54) is 42.1 Å². The fraction of sp³-hybridized carbons (Fsp3) is 0.324. The summed E-state index contributed by atoms with van der Waals surface area (Å²) in [7, 11) is 0. The van der Waals surface area contributed by atoms with Gasteiger partial charge in [0.15, 0.2) is 0 Å². The van der Waals surface area contributed by atoms with Crippen LogP contribution in [-0.4, -0.2) is 43.8 Å². The topological polar surface area (TPSA) is 189 Å². The second kappa shape index (κ2) is 16.8. The van der Waals surface area contributed by atoms with E-state index in [2.05, 4.69) is 30.6 Å². The van der Waals surface area contributed by atoms with Crippen molar-refractivity contribution < 1.29 is 53.9 Å². The van der Waals surface area contributed by atoms with Gasteiger partial charge in [-0.3, -0.25) is 30.7 Å². The molecule has 2 aromatic carbocycles. The van der Waals surface area contributed by atoms with E-state index in [4.69, 9.17) is 5.84 Å². The summed E-state index contributed by atoms with van der Waals surface area (Å²) in [6.45, 7) is 4.00. The highest BCUT2D eigenvalue weighted by molar-refractivity contribution is 5.95. The van der Waals surface area contributed by atoms with Crippen LogP contribution >= 0.6 is 0 Å². The molecule has 2 aromatic heterocycles. The fourth-order valence-corrected chi connectivity index (χ4v) is 4.97. The van der Waals surface area contributed by atoms with E-state index in [0.717, 1.165) is 55.1 Å². The lowest BCUT2D eigenvalue weighted by atomic mass is 10.0. The molecule has 4 aromatic rings. The number of hydrogen-bond acceptors (Lipinski definition) is 10. The van der Waals surface area contributed by atoms with Gasteiger partial charge >= 0.3 is 24.4 Å². The second-order valence-electron chi connectivity index (χ2n) is 12.0. The Labute approximate surface area is 312 Å². The number of aromatic nitrogens is 4. The first-order chi connectivity index (χ1) is 26.2. The molecular formula is C34H33F9N10O3. The summed E-state index contributed by atoms with van der Waals surface area (Å²) in [5, 5.41) is 6.11. The monoisotopic (exact) mass is 800 g/mol. The van der Waals surface area contributed by atoms with Crippen molar-refractivity contribution in [1.29, 1.82) is 0 Å². The van der Waals surface area contributed by atoms with Crippen molar-refractivity contribution in [3.8, 4) is 0 Å². The van der Waals surface area contributed by atoms with Crippen molar-refractivity contribution in [2.24, 2.45) is 5.84 Å². The minimum absolute atomic E-state index is 0.0725. The number of hydrogen-bond donors (Lipinski definition) is 6. The van der Waals surface area contributed by atoms with Gasteiger partial charge in [-0.05, 0) is 61.1 Å². The average Bonchev–Trinajstić information content (AvgIpc) is 4.12. The van der Waals surface area contributed by atoms with E-state index in [-0.39, 0.29) is 17.1 Å². The van der Waals surface area contributed by atoms with E-state index in [0.29, 0.717) is 24.4 Å². The standard InChI is InChI=1S/C17H13F6N5O2.C15H14F3N5O.C2H6/c18-16(19,20)11-3-1-10(2-4-11)15(5-6-15)26-14-24-7-9(8-25-14)12(29)27-28-13(30)17(21,22)23;16-15(17,18)11-3-1-10(2-4-11)14(5-6-14)22-13-20-7-9(8-21-13)12(24)23-19;1-2/h1-4,7-8H,5-6H2,(H,27,29)(H,28,30)(H,24,25,26);1-4,7-8H,5-6,19H2,(H,23,24)(H,20,21,22);1-2H3. The van der Waals surface area contributed by atoms with Crippen LogP contribution in [0.3, 0.4) is 0 Å². The number of amides is 3. The molecule has 22 heteroatoms. The number of nitrogens with two attached hydrogens (primary N) is 1. The molecule has 2 heterocycles. The number of rotatable bonds is 8. The SMILES string of the molecule is CC.NNC(=O)c1cnc(NC2(c3ccc(C(F)(F)F)cc3)CC2)nc1.O=C(NNC(=O)C(F)(F)F)c1cnc(NC2(c3ccc(C(F)(F)F)cc3)CC2)nc1. The molecule has 0 unspecified atom stereocenters. The Morgan fingerprint density at radius 2 is 0.911 bits per heavy atom. The van der Waals surface area contributed by atoms with E-state index < -0.39 is 58.5 Å². The third-order valence-corrected chi connectivity index (χ3v) is 8.24. The van der Waals surface area contributed by atoms with Crippen molar-refractivity contribution in [1.82, 2.24) is 36.2 Å². The van der Waals surface area contributed by atoms with Gasteiger partial charge in [-0.1, -0.05) is 38.1 Å². The molecule has 56 heavy (non-hydrogen) atoms. The van der Waals surface area contributed by atoms with Gasteiger partial charge in [0.25, 0.3) is 11.8 Å². The van der Waals surface area contributed by atoms with Crippen LogP contribution in [0.25, 0.3) is 0 Å².